The minimum absolute atomic E-state index is 0.0170. The second-order valence-corrected chi connectivity index (χ2v) is 6.75. The molecule has 1 amide bonds. The Labute approximate surface area is 141 Å². The first kappa shape index (κ1) is 15.3. The van der Waals surface area contributed by atoms with Crippen LogP contribution >= 0.6 is 0 Å². The summed E-state index contributed by atoms with van der Waals surface area (Å²) >= 11 is 0. The summed E-state index contributed by atoms with van der Waals surface area (Å²) in [5, 5.41) is 3.44. The summed E-state index contributed by atoms with van der Waals surface area (Å²) in [4.78, 5) is 14.9. The average molecular weight is 324 g/mol. The number of amides is 1. The lowest BCUT2D eigenvalue weighted by Gasteiger charge is -2.28. The molecule has 0 saturated carbocycles. The molecule has 0 spiro atoms. The fraction of sp³-hybridized carbons (Fsp3) is 0.350. The molecule has 124 valence electrons. The van der Waals surface area contributed by atoms with E-state index in [1.807, 2.05) is 23.1 Å². The Balaban J connectivity index is 1.61. The van der Waals surface area contributed by atoms with E-state index in [0.717, 1.165) is 19.6 Å². The van der Waals surface area contributed by atoms with Crippen LogP contribution in [-0.4, -0.2) is 30.4 Å². The zero-order chi connectivity index (χ0) is 16.5. The van der Waals surface area contributed by atoms with Crippen LogP contribution in [0.5, 0.6) is 0 Å². The van der Waals surface area contributed by atoms with Gasteiger partial charge in [0.25, 0.3) is 0 Å². The largest absolute Gasteiger partial charge is 0.335 e. The van der Waals surface area contributed by atoms with Crippen molar-refractivity contribution < 1.29 is 9.18 Å². The second-order valence-electron chi connectivity index (χ2n) is 6.75. The van der Waals surface area contributed by atoms with Crippen molar-refractivity contribution >= 4 is 5.91 Å². The van der Waals surface area contributed by atoms with Crippen molar-refractivity contribution in [2.45, 2.75) is 12.5 Å². The van der Waals surface area contributed by atoms with Crippen LogP contribution in [-0.2, 0) is 11.2 Å². The Kier molecular flexibility index (Phi) is 4.07. The molecular formula is C20H21FN2O. The topological polar surface area (TPSA) is 32.3 Å². The molecule has 1 N–H and O–H groups in total. The minimum atomic E-state index is -0.303. The molecule has 0 aliphatic carbocycles. The van der Waals surface area contributed by atoms with Gasteiger partial charge in [0, 0.05) is 25.6 Å². The number of rotatable bonds is 3. The number of fused-ring (bicyclic) bond motifs is 1. The smallest absolute Gasteiger partial charge is 0.227 e. The molecule has 4 heteroatoms. The van der Waals surface area contributed by atoms with Crippen molar-refractivity contribution in [3.63, 3.8) is 0 Å². The van der Waals surface area contributed by atoms with Crippen LogP contribution < -0.4 is 5.32 Å². The highest BCUT2D eigenvalue weighted by Crippen LogP contribution is 2.42. The third kappa shape index (κ3) is 2.71. The molecule has 2 aromatic carbocycles. The van der Waals surface area contributed by atoms with Gasteiger partial charge >= 0.3 is 0 Å². The summed E-state index contributed by atoms with van der Waals surface area (Å²) in [7, 11) is 0. The Morgan fingerprint density at radius 1 is 1.08 bits per heavy atom. The van der Waals surface area contributed by atoms with E-state index in [2.05, 4.69) is 17.4 Å². The molecule has 2 aliphatic heterocycles. The summed E-state index contributed by atoms with van der Waals surface area (Å²) < 4.78 is 13.9. The van der Waals surface area contributed by atoms with E-state index in [1.54, 1.807) is 18.2 Å². The van der Waals surface area contributed by atoms with Gasteiger partial charge < -0.3 is 10.2 Å². The number of halogens is 1. The predicted octanol–water partition coefficient (Wildman–Crippen LogP) is 2.79. The molecule has 2 aromatic rings. The molecule has 4 rings (SSSR count). The molecule has 2 heterocycles. The van der Waals surface area contributed by atoms with Gasteiger partial charge in [-0.05, 0) is 23.1 Å². The van der Waals surface area contributed by atoms with Gasteiger partial charge in [0.05, 0.1) is 12.5 Å². The lowest BCUT2D eigenvalue weighted by molar-refractivity contribution is -0.132. The fourth-order valence-corrected chi connectivity index (χ4v) is 4.16. The number of hydrogen-bond donors (Lipinski definition) is 1. The zero-order valence-electron chi connectivity index (χ0n) is 13.5. The molecule has 0 radical (unpaired) electrons. The predicted molar refractivity (Wildman–Crippen MR) is 90.8 cm³/mol. The van der Waals surface area contributed by atoms with Crippen LogP contribution in [0, 0.1) is 17.7 Å². The SMILES string of the molecule is O=C(Cc1ccccc1F)N1C[C@@H]2CNC[C@@H]2[C@H]1c1ccccc1. The number of likely N-dealkylation sites (tertiary alicyclic amines) is 1. The maximum atomic E-state index is 13.9. The summed E-state index contributed by atoms with van der Waals surface area (Å²) in [6, 6.07) is 16.9. The van der Waals surface area contributed by atoms with Crippen LogP contribution in [0.15, 0.2) is 54.6 Å². The molecule has 2 aliphatic rings. The Bertz CT molecular complexity index is 733. The van der Waals surface area contributed by atoms with Gasteiger partial charge in [-0.1, -0.05) is 48.5 Å². The fourth-order valence-electron chi connectivity index (χ4n) is 4.16. The molecule has 2 saturated heterocycles. The van der Waals surface area contributed by atoms with Gasteiger partial charge in [-0.2, -0.15) is 0 Å². The van der Waals surface area contributed by atoms with Gasteiger partial charge in [0.1, 0.15) is 5.82 Å². The Morgan fingerprint density at radius 2 is 1.83 bits per heavy atom. The Hall–Kier alpha value is -2.20. The van der Waals surface area contributed by atoms with E-state index < -0.39 is 0 Å². The molecule has 2 fully saturated rings. The molecule has 0 bridgehead atoms. The number of nitrogens with one attached hydrogen (secondary N) is 1. The third-order valence-electron chi connectivity index (χ3n) is 5.33. The number of nitrogens with zero attached hydrogens (tertiary/aromatic N) is 1. The Morgan fingerprint density at radius 3 is 2.62 bits per heavy atom. The monoisotopic (exact) mass is 324 g/mol. The van der Waals surface area contributed by atoms with Crippen LogP contribution in [0.4, 0.5) is 4.39 Å². The van der Waals surface area contributed by atoms with Crippen molar-refractivity contribution in [1.29, 1.82) is 0 Å². The normalized spacial score (nSPS) is 25.7. The number of benzene rings is 2. The number of carbonyl (C=O) groups is 1. The summed E-state index contributed by atoms with van der Waals surface area (Å²) in [5.41, 5.74) is 1.65. The van der Waals surface area contributed by atoms with Crippen LogP contribution in [0.2, 0.25) is 0 Å². The highest BCUT2D eigenvalue weighted by atomic mass is 19.1. The van der Waals surface area contributed by atoms with Gasteiger partial charge in [0.15, 0.2) is 0 Å². The van der Waals surface area contributed by atoms with E-state index >= 15 is 0 Å². The van der Waals surface area contributed by atoms with E-state index in [1.165, 1.54) is 11.6 Å². The summed E-state index contributed by atoms with van der Waals surface area (Å²) in [6.45, 7) is 2.65. The highest BCUT2D eigenvalue weighted by Gasteiger charge is 2.46. The van der Waals surface area contributed by atoms with Crippen molar-refractivity contribution in [2.75, 3.05) is 19.6 Å². The average Bonchev–Trinajstić information content (AvgIpc) is 3.18. The van der Waals surface area contributed by atoms with Gasteiger partial charge in [0.2, 0.25) is 5.91 Å². The first-order valence-electron chi connectivity index (χ1n) is 8.52. The lowest BCUT2D eigenvalue weighted by atomic mass is 9.89. The molecule has 24 heavy (non-hydrogen) atoms. The van der Waals surface area contributed by atoms with Crippen molar-refractivity contribution in [3.8, 4) is 0 Å². The highest BCUT2D eigenvalue weighted by molar-refractivity contribution is 5.79. The third-order valence-corrected chi connectivity index (χ3v) is 5.33. The maximum Gasteiger partial charge on any atom is 0.227 e. The molecule has 0 aromatic heterocycles. The van der Waals surface area contributed by atoms with Crippen LogP contribution in [0.1, 0.15) is 17.2 Å². The zero-order valence-corrected chi connectivity index (χ0v) is 13.5. The summed E-state index contributed by atoms with van der Waals surface area (Å²) in [6.07, 6.45) is 0.128. The standard InChI is InChI=1S/C20H21FN2O/c21-18-9-5-4-8-15(18)10-19(24)23-13-16-11-22-12-17(16)20(23)14-6-2-1-3-7-14/h1-9,16-17,20,22H,10-13H2/t16-,17-,20+/m0/s1. The van der Waals surface area contributed by atoms with E-state index in [0.29, 0.717) is 17.4 Å². The van der Waals surface area contributed by atoms with E-state index in [-0.39, 0.29) is 24.2 Å². The molecular weight excluding hydrogens is 303 g/mol. The van der Waals surface area contributed by atoms with Gasteiger partial charge in [-0.15, -0.1) is 0 Å². The summed E-state index contributed by atoms with van der Waals surface area (Å²) in [5.74, 6) is 0.642. The number of hydrogen-bond acceptors (Lipinski definition) is 2. The molecule has 0 unspecified atom stereocenters. The maximum absolute atomic E-state index is 13.9. The van der Waals surface area contributed by atoms with Crippen molar-refractivity contribution in [2.24, 2.45) is 11.8 Å². The van der Waals surface area contributed by atoms with Crippen LogP contribution in [0.25, 0.3) is 0 Å². The first-order valence-corrected chi connectivity index (χ1v) is 8.52. The minimum Gasteiger partial charge on any atom is -0.335 e. The van der Waals surface area contributed by atoms with Gasteiger partial charge in [-0.25, -0.2) is 4.39 Å². The van der Waals surface area contributed by atoms with E-state index in [9.17, 15) is 9.18 Å². The lowest BCUT2D eigenvalue weighted by Crippen LogP contribution is -2.35. The molecule has 3 nitrogen and oxygen atoms in total. The van der Waals surface area contributed by atoms with Crippen molar-refractivity contribution in [3.05, 3.63) is 71.5 Å². The van der Waals surface area contributed by atoms with E-state index in [4.69, 9.17) is 0 Å². The second kappa shape index (κ2) is 6.36. The van der Waals surface area contributed by atoms with Crippen LogP contribution in [0.3, 0.4) is 0 Å². The molecule has 3 atom stereocenters. The first-order chi connectivity index (χ1) is 11.7. The quantitative estimate of drug-likeness (QED) is 0.941. The number of carbonyl (C=O) groups excluding carboxylic acids is 1. The van der Waals surface area contributed by atoms with Crippen molar-refractivity contribution in [1.82, 2.24) is 10.2 Å². The van der Waals surface area contributed by atoms with Gasteiger partial charge in [-0.3, -0.25) is 4.79 Å².